The summed E-state index contributed by atoms with van der Waals surface area (Å²) >= 11 is 0. The zero-order chi connectivity index (χ0) is 20.9. The Morgan fingerprint density at radius 1 is 1.10 bits per heavy atom. The highest BCUT2D eigenvalue weighted by Crippen LogP contribution is 2.29. The number of nitrogens with zero attached hydrogens (tertiary/aromatic N) is 2. The molecule has 6 nitrogen and oxygen atoms in total. The standard InChI is InChI=1S/C24H35N3O3/c1-30-22-8-6-19(7-9-22)16-26-12-10-18(11-13-26)15-25-24(29)20-14-23(28)27(17-20)21-4-2-3-5-21/h6-9,18,20-21H,2-5,10-17H2,1H3,(H,25,29). The zero-order valence-electron chi connectivity index (χ0n) is 18.1. The SMILES string of the molecule is COc1ccc(CN2CCC(CNC(=O)C3CC(=O)N(C4CCCC4)C3)CC2)cc1. The zero-order valence-corrected chi connectivity index (χ0v) is 18.1. The topological polar surface area (TPSA) is 61.9 Å². The molecule has 0 radical (unpaired) electrons. The van der Waals surface area contributed by atoms with Gasteiger partial charge in [-0.1, -0.05) is 25.0 Å². The first-order chi connectivity index (χ1) is 14.6. The number of piperidine rings is 1. The van der Waals surface area contributed by atoms with Crippen LogP contribution in [0.25, 0.3) is 0 Å². The summed E-state index contributed by atoms with van der Waals surface area (Å²) in [6, 6.07) is 8.66. The third-order valence-electron chi connectivity index (χ3n) is 7.13. The van der Waals surface area contributed by atoms with Crippen molar-refractivity contribution in [2.45, 2.75) is 57.5 Å². The van der Waals surface area contributed by atoms with E-state index in [0.29, 0.717) is 24.9 Å². The van der Waals surface area contributed by atoms with E-state index in [9.17, 15) is 9.59 Å². The van der Waals surface area contributed by atoms with E-state index in [4.69, 9.17) is 4.74 Å². The van der Waals surface area contributed by atoms with E-state index in [1.54, 1.807) is 7.11 Å². The molecule has 3 aliphatic rings. The van der Waals surface area contributed by atoms with Crippen molar-refractivity contribution in [2.75, 3.05) is 33.3 Å². The van der Waals surface area contributed by atoms with E-state index in [-0.39, 0.29) is 17.7 Å². The van der Waals surface area contributed by atoms with Crippen molar-refractivity contribution in [3.05, 3.63) is 29.8 Å². The van der Waals surface area contributed by atoms with Gasteiger partial charge in [0.1, 0.15) is 5.75 Å². The number of hydrogen-bond acceptors (Lipinski definition) is 4. The van der Waals surface area contributed by atoms with Crippen molar-refractivity contribution in [3.8, 4) is 5.75 Å². The fraction of sp³-hybridized carbons (Fsp3) is 0.667. The number of carbonyl (C=O) groups is 2. The molecule has 2 amide bonds. The molecule has 1 atom stereocenters. The van der Waals surface area contributed by atoms with Crippen molar-refractivity contribution < 1.29 is 14.3 Å². The predicted molar refractivity (Wildman–Crippen MR) is 116 cm³/mol. The monoisotopic (exact) mass is 413 g/mol. The van der Waals surface area contributed by atoms with Gasteiger partial charge < -0.3 is 15.0 Å². The second-order valence-electron chi connectivity index (χ2n) is 9.20. The molecule has 1 saturated carbocycles. The second kappa shape index (κ2) is 9.82. The maximum atomic E-state index is 12.6. The summed E-state index contributed by atoms with van der Waals surface area (Å²) in [7, 11) is 1.69. The van der Waals surface area contributed by atoms with Crippen LogP contribution in [-0.2, 0) is 16.1 Å². The summed E-state index contributed by atoms with van der Waals surface area (Å²) in [5.41, 5.74) is 1.31. The number of likely N-dealkylation sites (tertiary alicyclic amines) is 2. The lowest BCUT2D eigenvalue weighted by molar-refractivity contribution is -0.130. The molecular weight excluding hydrogens is 378 g/mol. The molecule has 6 heteroatoms. The molecule has 0 aromatic heterocycles. The normalized spacial score (nSPS) is 23.8. The van der Waals surface area contributed by atoms with Crippen molar-refractivity contribution in [2.24, 2.45) is 11.8 Å². The van der Waals surface area contributed by atoms with Crippen molar-refractivity contribution in [1.29, 1.82) is 0 Å². The minimum atomic E-state index is -0.159. The lowest BCUT2D eigenvalue weighted by Gasteiger charge is -2.32. The molecular formula is C24H35N3O3. The van der Waals surface area contributed by atoms with Gasteiger partial charge in [0.15, 0.2) is 0 Å². The lowest BCUT2D eigenvalue weighted by Crippen LogP contribution is -2.41. The number of ether oxygens (including phenoxy) is 1. The summed E-state index contributed by atoms with van der Waals surface area (Å²) in [5, 5.41) is 3.15. The predicted octanol–water partition coefficient (Wildman–Crippen LogP) is 2.81. The maximum Gasteiger partial charge on any atom is 0.225 e. The van der Waals surface area contributed by atoms with Gasteiger partial charge >= 0.3 is 0 Å². The number of rotatable bonds is 7. The highest BCUT2D eigenvalue weighted by atomic mass is 16.5. The first-order valence-electron chi connectivity index (χ1n) is 11.5. The van der Waals surface area contributed by atoms with Gasteiger partial charge in [0, 0.05) is 32.1 Å². The Bertz CT molecular complexity index is 722. The smallest absolute Gasteiger partial charge is 0.225 e. The van der Waals surface area contributed by atoms with E-state index in [2.05, 4.69) is 22.3 Å². The Morgan fingerprint density at radius 3 is 2.47 bits per heavy atom. The molecule has 1 aromatic carbocycles. The van der Waals surface area contributed by atoms with Gasteiger partial charge in [0.25, 0.3) is 0 Å². The summed E-state index contributed by atoms with van der Waals surface area (Å²) in [4.78, 5) is 29.4. The first kappa shape index (κ1) is 21.2. The Labute approximate surface area is 179 Å². The number of amides is 2. The van der Waals surface area contributed by atoms with Crippen LogP contribution in [-0.4, -0.2) is 60.9 Å². The van der Waals surface area contributed by atoms with Crippen LogP contribution in [0.3, 0.4) is 0 Å². The van der Waals surface area contributed by atoms with Crippen LogP contribution in [0.1, 0.15) is 50.5 Å². The number of hydrogen-bond donors (Lipinski definition) is 1. The van der Waals surface area contributed by atoms with Crippen LogP contribution in [0.15, 0.2) is 24.3 Å². The molecule has 0 spiro atoms. The van der Waals surface area contributed by atoms with Gasteiger partial charge in [0.2, 0.25) is 11.8 Å². The summed E-state index contributed by atoms with van der Waals surface area (Å²) < 4.78 is 5.22. The van der Waals surface area contributed by atoms with Crippen LogP contribution in [0, 0.1) is 11.8 Å². The quantitative estimate of drug-likeness (QED) is 0.747. The fourth-order valence-electron chi connectivity index (χ4n) is 5.20. The molecule has 1 aliphatic carbocycles. The summed E-state index contributed by atoms with van der Waals surface area (Å²) in [6.07, 6.45) is 7.24. The lowest BCUT2D eigenvalue weighted by atomic mass is 9.96. The van der Waals surface area contributed by atoms with Crippen molar-refractivity contribution in [1.82, 2.24) is 15.1 Å². The molecule has 2 aliphatic heterocycles. The Hall–Kier alpha value is -2.08. The molecule has 164 valence electrons. The molecule has 1 N–H and O–H groups in total. The molecule has 1 unspecified atom stereocenters. The first-order valence-corrected chi connectivity index (χ1v) is 11.5. The van der Waals surface area contributed by atoms with E-state index >= 15 is 0 Å². The highest BCUT2D eigenvalue weighted by Gasteiger charge is 2.38. The summed E-state index contributed by atoms with van der Waals surface area (Å²) in [5.74, 6) is 1.51. The van der Waals surface area contributed by atoms with E-state index < -0.39 is 0 Å². The largest absolute Gasteiger partial charge is 0.497 e. The minimum absolute atomic E-state index is 0.0736. The fourth-order valence-corrected chi connectivity index (χ4v) is 5.20. The molecule has 0 bridgehead atoms. The second-order valence-corrected chi connectivity index (χ2v) is 9.20. The number of methoxy groups -OCH3 is 1. The number of benzene rings is 1. The van der Waals surface area contributed by atoms with Crippen LogP contribution >= 0.6 is 0 Å². The van der Waals surface area contributed by atoms with Gasteiger partial charge in [0.05, 0.1) is 13.0 Å². The average Bonchev–Trinajstić information content (AvgIpc) is 3.43. The molecule has 30 heavy (non-hydrogen) atoms. The molecule has 2 heterocycles. The highest BCUT2D eigenvalue weighted by molar-refractivity contribution is 5.89. The van der Waals surface area contributed by atoms with Crippen LogP contribution < -0.4 is 10.1 Å². The Morgan fingerprint density at radius 2 is 1.80 bits per heavy atom. The third-order valence-corrected chi connectivity index (χ3v) is 7.13. The minimum Gasteiger partial charge on any atom is -0.497 e. The average molecular weight is 414 g/mol. The maximum absolute atomic E-state index is 12.6. The van der Waals surface area contributed by atoms with Gasteiger partial charge in [-0.3, -0.25) is 14.5 Å². The number of carbonyl (C=O) groups excluding carboxylic acids is 2. The van der Waals surface area contributed by atoms with Crippen LogP contribution in [0.4, 0.5) is 0 Å². The third kappa shape index (κ3) is 5.15. The molecule has 3 fully saturated rings. The van der Waals surface area contributed by atoms with E-state index in [1.807, 2.05) is 17.0 Å². The molecule has 2 saturated heterocycles. The Kier molecular flexibility index (Phi) is 6.93. The van der Waals surface area contributed by atoms with Crippen LogP contribution in [0.2, 0.25) is 0 Å². The molecule has 1 aromatic rings. The van der Waals surface area contributed by atoms with Gasteiger partial charge in [-0.2, -0.15) is 0 Å². The van der Waals surface area contributed by atoms with Crippen LogP contribution in [0.5, 0.6) is 5.75 Å². The van der Waals surface area contributed by atoms with Gasteiger partial charge in [-0.15, -0.1) is 0 Å². The Balaban J connectivity index is 1.16. The number of nitrogens with one attached hydrogen (secondary N) is 1. The van der Waals surface area contributed by atoms with Gasteiger partial charge in [-0.25, -0.2) is 0 Å². The van der Waals surface area contributed by atoms with Crippen molar-refractivity contribution in [3.63, 3.8) is 0 Å². The van der Waals surface area contributed by atoms with E-state index in [1.165, 1.54) is 18.4 Å². The summed E-state index contributed by atoms with van der Waals surface area (Å²) in [6.45, 7) is 4.44. The van der Waals surface area contributed by atoms with Crippen molar-refractivity contribution >= 4 is 11.8 Å². The van der Waals surface area contributed by atoms with E-state index in [0.717, 1.165) is 57.6 Å². The molecule has 4 rings (SSSR count). The van der Waals surface area contributed by atoms with Gasteiger partial charge in [-0.05, 0) is 62.4 Å².